The number of hydrogen-bond acceptors (Lipinski definition) is 2. The normalized spacial score (nSPS) is 12.6. The zero-order chi connectivity index (χ0) is 13.7. The van der Waals surface area contributed by atoms with E-state index < -0.39 is 0 Å². The monoisotopic (exact) mass is 277 g/mol. The third-order valence-corrected chi connectivity index (χ3v) is 4.16. The molecule has 0 spiro atoms. The summed E-state index contributed by atoms with van der Waals surface area (Å²) in [5, 5.41) is 5.63. The minimum Gasteiger partial charge on any atom is -0.310 e. The lowest BCUT2D eigenvalue weighted by molar-refractivity contribution is 0.512. The van der Waals surface area contributed by atoms with Gasteiger partial charge >= 0.3 is 0 Å². The van der Waals surface area contributed by atoms with Crippen LogP contribution in [0.25, 0.3) is 0 Å². The topological polar surface area (TPSA) is 12.0 Å². The number of thiophene rings is 1. The number of aryl methyl sites for hydroxylation is 1. The van der Waals surface area contributed by atoms with E-state index in [-0.39, 0.29) is 11.9 Å². The molecule has 102 valence electrons. The molecule has 1 aromatic carbocycles. The van der Waals surface area contributed by atoms with Crippen LogP contribution in [0.15, 0.2) is 35.7 Å². The van der Waals surface area contributed by atoms with E-state index in [0.29, 0.717) is 6.42 Å². The van der Waals surface area contributed by atoms with Crippen molar-refractivity contribution in [3.05, 3.63) is 57.5 Å². The number of benzene rings is 1. The quantitative estimate of drug-likeness (QED) is 0.821. The van der Waals surface area contributed by atoms with Gasteiger partial charge in [-0.2, -0.15) is 0 Å². The first-order valence-electron chi connectivity index (χ1n) is 6.73. The van der Waals surface area contributed by atoms with Crippen molar-refractivity contribution < 1.29 is 4.39 Å². The average Bonchev–Trinajstić information content (AvgIpc) is 2.83. The lowest BCUT2D eigenvalue weighted by Gasteiger charge is -2.19. The van der Waals surface area contributed by atoms with Crippen LogP contribution < -0.4 is 5.32 Å². The molecule has 3 heteroatoms. The molecule has 0 radical (unpaired) electrons. The van der Waals surface area contributed by atoms with E-state index in [4.69, 9.17) is 0 Å². The predicted molar refractivity (Wildman–Crippen MR) is 80.2 cm³/mol. The van der Waals surface area contributed by atoms with Crippen molar-refractivity contribution in [2.24, 2.45) is 0 Å². The Bertz CT molecular complexity index is 521. The standard InChI is InChI=1S/C16H20FNS/c1-3-9-18-16(14-8-10-19-12(14)2)11-13-6-4-5-7-15(13)17/h4-8,10,16,18H,3,9,11H2,1-2H3. The van der Waals surface area contributed by atoms with Gasteiger partial charge in [-0.3, -0.25) is 0 Å². The summed E-state index contributed by atoms with van der Waals surface area (Å²) in [4.78, 5) is 1.31. The van der Waals surface area contributed by atoms with Gasteiger partial charge in [0.25, 0.3) is 0 Å². The van der Waals surface area contributed by atoms with E-state index in [2.05, 4.69) is 30.6 Å². The fourth-order valence-corrected chi connectivity index (χ4v) is 3.02. The van der Waals surface area contributed by atoms with Gasteiger partial charge in [0.05, 0.1) is 0 Å². The van der Waals surface area contributed by atoms with Crippen LogP contribution in [-0.2, 0) is 6.42 Å². The zero-order valence-corrected chi connectivity index (χ0v) is 12.3. The van der Waals surface area contributed by atoms with Crippen LogP contribution in [-0.4, -0.2) is 6.54 Å². The fourth-order valence-electron chi connectivity index (χ4n) is 2.25. The molecule has 0 aliphatic carbocycles. The van der Waals surface area contributed by atoms with Gasteiger partial charge in [-0.1, -0.05) is 25.1 Å². The highest BCUT2D eigenvalue weighted by molar-refractivity contribution is 7.10. The van der Waals surface area contributed by atoms with E-state index in [0.717, 1.165) is 18.5 Å². The minimum atomic E-state index is -0.112. The van der Waals surface area contributed by atoms with E-state index in [1.54, 1.807) is 17.4 Å². The number of halogens is 1. The van der Waals surface area contributed by atoms with Crippen LogP contribution in [0.2, 0.25) is 0 Å². The molecule has 0 aliphatic rings. The smallest absolute Gasteiger partial charge is 0.126 e. The van der Waals surface area contributed by atoms with Crippen LogP contribution in [0.1, 0.15) is 35.4 Å². The van der Waals surface area contributed by atoms with Gasteiger partial charge in [0, 0.05) is 10.9 Å². The molecule has 2 aromatic rings. The molecule has 1 aromatic heterocycles. The Hall–Kier alpha value is -1.19. The molecule has 1 N–H and O–H groups in total. The average molecular weight is 277 g/mol. The molecule has 0 bridgehead atoms. The summed E-state index contributed by atoms with van der Waals surface area (Å²) in [5.41, 5.74) is 2.07. The Morgan fingerprint density at radius 3 is 2.68 bits per heavy atom. The van der Waals surface area contributed by atoms with Crippen molar-refractivity contribution in [3.63, 3.8) is 0 Å². The summed E-state index contributed by atoms with van der Waals surface area (Å²) in [6.45, 7) is 5.23. The third-order valence-electron chi connectivity index (χ3n) is 3.30. The van der Waals surface area contributed by atoms with Gasteiger partial charge in [0.1, 0.15) is 5.82 Å². The predicted octanol–water partition coefficient (Wildman–Crippen LogP) is 4.48. The number of nitrogens with one attached hydrogen (secondary N) is 1. The van der Waals surface area contributed by atoms with Crippen molar-refractivity contribution in [2.75, 3.05) is 6.54 Å². The maximum Gasteiger partial charge on any atom is 0.126 e. The van der Waals surface area contributed by atoms with Crippen LogP contribution in [0, 0.1) is 12.7 Å². The molecule has 0 fully saturated rings. The summed E-state index contributed by atoms with van der Waals surface area (Å²) in [6, 6.07) is 9.39. The Morgan fingerprint density at radius 2 is 2.05 bits per heavy atom. The second-order valence-corrected chi connectivity index (χ2v) is 5.85. The van der Waals surface area contributed by atoms with Crippen molar-refractivity contribution >= 4 is 11.3 Å². The lowest BCUT2D eigenvalue weighted by atomic mass is 9.99. The van der Waals surface area contributed by atoms with E-state index in [9.17, 15) is 4.39 Å². The molecular formula is C16H20FNS. The summed E-state index contributed by atoms with van der Waals surface area (Å²) in [7, 11) is 0. The second-order valence-electron chi connectivity index (χ2n) is 4.73. The first-order valence-corrected chi connectivity index (χ1v) is 7.61. The Balaban J connectivity index is 2.19. The molecule has 1 nitrogen and oxygen atoms in total. The SMILES string of the molecule is CCCNC(Cc1ccccc1F)c1ccsc1C. The first-order chi connectivity index (χ1) is 9.22. The van der Waals surface area contributed by atoms with Gasteiger partial charge in [-0.05, 0) is 54.9 Å². The van der Waals surface area contributed by atoms with Gasteiger partial charge in [-0.15, -0.1) is 11.3 Å². The molecule has 0 aliphatic heterocycles. The molecule has 1 atom stereocenters. The lowest BCUT2D eigenvalue weighted by Crippen LogP contribution is -2.24. The molecule has 0 saturated carbocycles. The van der Waals surface area contributed by atoms with Crippen LogP contribution >= 0.6 is 11.3 Å². The molecular weight excluding hydrogens is 257 g/mol. The van der Waals surface area contributed by atoms with Gasteiger partial charge in [-0.25, -0.2) is 4.39 Å². The second kappa shape index (κ2) is 6.83. The zero-order valence-electron chi connectivity index (χ0n) is 11.4. The summed E-state index contributed by atoms with van der Waals surface area (Å²) in [5.74, 6) is -0.112. The minimum absolute atomic E-state index is 0.112. The van der Waals surface area contributed by atoms with Gasteiger partial charge in [0.2, 0.25) is 0 Å². The summed E-state index contributed by atoms with van der Waals surface area (Å²) < 4.78 is 13.8. The molecule has 1 heterocycles. The van der Waals surface area contributed by atoms with Crippen molar-refractivity contribution in [1.82, 2.24) is 5.32 Å². The maximum atomic E-state index is 13.8. The van der Waals surface area contributed by atoms with Crippen LogP contribution in [0.5, 0.6) is 0 Å². The Kier molecular flexibility index (Phi) is 5.11. The Labute approximate surface area is 118 Å². The van der Waals surface area contributed by atoms with Gasteiger partial charge in [0.15, 0.2) is 0 Å². The van der Waals surface area contributed by atoms with E-state index in [1.807, 2.05) is 12.1 Å². The highest BCUT2D eigenvalue weighted by Gasteiger charge is 2.16. The summed E-state index contributed by atoms with van der Waals surface area (Å²) in [6.07, 6.45) is 1.78. The van der Waals surface area contributed by atoms with Crippen LogP contribution in [0.3, 0.4) is 0 Å². The van der Waals surface area contributed by atoms with E-state index >= 15 is 0 Å². The number of rotatable bonds is 6. The maximum absolute atomic E-state index is 13.8. The molecule has 1 unspecified atom stereocenters. The van der Waals surface area contributed by atoms with Crippen molar-refractivity contribution in [2.45, 2.75) is 32.7 Å². The first kappa shape index (κ1) is 14.2. The highest BCUT2D eigenvalue weighted by Crippen LogP contribution is 2.26. The molecule has 0 amide bonds. The molecule has 2 rings (SSSR count). The Morgan fingerprint density at radius 1 is 1.26 bits per heavy atom. The largest absolute Gasteiger partial charge is 0.310 e. The third kappa shape index (κ3) is 3.64. The fraction of sp³-hybridized carbons (Fsp3) is 0.375. The summed E-state index contributed by atoms with van der Waals surface area (Å²) >= 11 is 1.75. The number of hydrogen-bond donors (Lipinski definition) is 1. The molecule has 0 saturated heterocycles. The molecule has 19 heavy (non-hydrogen) atoms. The van der Waals surface area contributed by atoms with Crippen LogP contribution in [0.4, 0.5) is 4.39 Å². The van der Waals surface area contributed by atoms with E-state index in [1.165, 1.54) is 16.5 Å². The highest BCUT2D eigenvalue weighted by atomic mass is 32.1. The van der Waals surface area contributed by atoms with Crippen molar-refractivity contribution in [1.29, 1.82) is 0 Å². The van der Waals surface area contributed by atoms with Gasteiger partial charge < -0.3 is 5.32 Å². The van der Waals surface area contributed by atoms with Crippen molar-refractivity contribution in [3.8, 4) is 0 Å².